The van der Waals surface area contributed by atoms with Crippen molar-refractivity contribution in [2.24, 2.45) is 5.92 Å². The third kappa shape index (κ3) is 4.38. The Kier molecular flexibility index (Phi) is 6.04. The van der Waals surface area contributed by atoms with Crippen molar-refractivity contribution in [3.63, 3.8) is 0 Å². The number of aryl methyl sites for hydroxylation is 1. The topological polar surface area (TPSA) is 53.4 Å². The molecule has 1 aromatic carbocycles. The lowest BCUT2D eigenvalue weighted by Crippen LogP contribution is -2.06. The highest BCUT2D eigenvalue weighted by Gasteiger charge is 2.13. The predicted molar refractivity (Wildman–Crippen MR) is 94.5 cm³/mol. The minimum atomic E-state index is -0.508. The van der Waals surface area contributed by atoms with E-state index in [0.717, 1.165) is 12.2 Å². The summed E-state index contributed by atoms with van der Waals surface area (Å²) in [7, 11) is 1.52. The molecule has 0 atom stereocenters. The minimum Gasteiger partial charge on any atom is -0.493 e. The largest absolute Gasteiger partial charge is 0.493 e. The molecule has 0 fully saturated rings. The zero-order valence-corrected chi connectivity index (χ0v) is 15.0. The molecule has 0 N–H and O–H groups in total. The minimum absolute atomic E-state index is 0.368. The molecule has 0 bridgehead atoms. The normalized spacial score (nSPS) is 11.2. The third-order valence-electron chi connectivity index (χ3n) is 3.31. The van der Waals surface area contributed by atoms with E-state index in [1.165, 1.54) is 13.2 Å². The maximum absolute atomic E-state index is 12.0. The van der Waals surface area contributed by atoms with Gasteiger partial charge in [0.2, 0.25) is 0 Å². The SMILES string of the molecule is COc1ccccc1OC(=O)/C=C/c1c(C)nn(CC(C)C)c1Cl. The molecule has 0 saturated heterocycles. The van der Waals surface area contributed by atoms with Crippen LogP contribution in [0.15, 0.2) is 30.3 Å². The number of carbonyl (C=O) groups excluding carboxylic acids is 1. The number of aromatic nitrogens is 2. The lowest BCUT2D eigenvalue weighted by Gasteiger charge is -2.06. The maximum Gasteiger partial charge on any atom is 0.336 e. The zero-order chi connectivity index (χ0) is 17.7. The van der Waals surface area contributed by atoms with E-state index in [4.69, 9.17) is 21.1 Å². The molecule has 1 heterocycles. The average Bonchev–Trinajstić information content (AvgIpc) is 2.79. The van der Waals surface area contributed by atoms with Crippen molar-refractivity contribution in [1.82, 2.24) is 9.78 Å². The molecule has 0 radical (unpaired) electrons. The van der Waals surface area contributed by atoms with Crippen LogP contribution < -0.4 is 9.47 Å². The lowest BCUT2D eigenvalue weighted by molar-refractivity contribution is -0.129. The Morgan fingerprint density at radius 3 is 2.62 bits per heavy atom. The van der Waals surface area contributed by atoms with Gasteiger partial charge in [-0.1, -0.05) is 37.6 Å². The molecule has 0 aliphatic rings. The summed E-state index contributed by atoms with van der Waals surface area (Å²) in [5.74, 6) is 0.784. The van der Waals surface area contributed by atoms with Crippen LogP contribution >= 0.6 is 11.6 Å². The van der Waals surface area contributed by atoms with Crippen LogP contribution in [0.25, 0.3) is 6.08 Å². The second-order valence-electron chi connectivity index (χ2n) is 5.77. The Labute approximate surface area is 146 Å². The van der Waals surface area contributed by atoms with Gasteiger partial charge in [0.1, 0.15) is 5.15 Å². The molecular formula is C18H21ClN2O3. The summed E-state index contributed by atoms with van der Waals surface area (Å²) in [6, 6.07) is 6.97. The van der Waals surface area contributed by atoms with Crippen LogP contribution in [0.4, 0.5) is 0 Å². The van der Waals surface area contributed by atoms with Gasteiger partial charge in [0.25, 0.3) is 0 Å². The summed E-state index contributed by atoms with van der Waals surface area (Å²) in [6.45, 7) is 6.76. The summed E-state index contributed by atoms with van der Waals surface area (Å²) in [6.07, 6.45) is 2.96. The molecule has 0 aliphatic heterocycles. The van der Waals surface area contributed by atoms with Crippen molar-refractivity contribution in [1.29, 1.82) is 0 Å². The molecule has 2 aromatic rings. The standard InChI is InChI=1S/C18H21ClN2O3/c1-12(2)11-21-18(19)14(13(3)20-21)9-10-17(22)24-16-8-6-5-7-15(16)23-4/h5-10,12H,11H2,1-4H3/b10-9+. The molecule has 0 aliphatic carbocycles. The van der Waals surface area contributed by atoms with Crippen molar-refractivity contribution >= 4 is 23.6 Å². The van der Waals surface area contributed by atoms with Crippen LogP contribution in [0.5, 0.6) is 11.5 Å². The van der Waals surface area contributed by atoms with E-state index in [9.17, 15) is 4.79 Å². The molecule has 24 heavy (non-hydrogen) atoms. The van der Waals surface area contributed by atoms with Gasteiger partial charge in [0, 0.05) is 18.2 Å². The summed E-state index contributed by atoms with van der Waals surface area (Å²) in [5, 5.41) is 4.92. The van der Waals surface area contributed by atoms with E-state index < -0.39 is 5.97 Å². The summed E-state index contributed by atoms with van der Waals surface area (Å²) < 4.78 is 12.2. The van der Waals surface area contributed by atoms with Crippen LogP contribution in [0.1, 0.15) is 25.1 Å². The number of para-hydroxylation sites is 2. The van der Waals surface area contributed by atoms with Gasteiger partial charge in [0.05, 0.1) is 12.8 Å². The molecular weight excluding hydrogens is 328 g/mol. The van der Waals surface area contributed by atoms with Gasteiger partial charge >= 0.3 is 5.97 Å². The lowest BCUT2D eigenvalue weighted by atomic mass is 10.2. The fourth-order valence-electron chi connectivity index (χ4n) is 2.22. The van der Waals surface area contributed by atoms with Crippen LogP contribution in [-0.4, -0.2) is 22.9 Å². The van der Waals surface area contributed by atoms with Crippen LogP contribution in [0.2, 0.25) is 5.15 Å². The molecule has 0 unspecified atom stereocenters. The van der Waals surface area contributed by atoms with Crippen molar-refractivity contribution in [3.8, 4) is 11.5 Å². The Morgan fingerprint density at radius 1 is 1.33 bits per heavy atom. The number of methoxy groups -OCH3 is 1. The monoisotopic (exact) mass is 348 g/mol. The van der Waals surface area contributed by atoms with E-state index in [2.05, 4.69) is 18.9 Å². The quantitative estimate of drug-likeness (QED) is 0.447. The fraction of sp³-hybridized carbons (Fsp3) is 0.333. The van der Waals surface area contributed by atoms with Crippen LogP contribution in [0, 0.1) is 12.8 Å². The highest BCUT2D eigenvalue weighted by atomic mass is 35.5. The Hall–Kier alpha value is -2.27. The number of nitrogens with zero attached hydrogens (tertiary/aromatic N) is 2. The second kappa shape index (κ2) is 8.02. The van der Waals surface area contributed by atoms with E-state index in [0.29, 0.717) is 28.1 Å². The summed E-state index contributed by atoms with van der Waals surface area (Å²) in [4.78, 5) is 12.0. The van der Waals surface area contributed by atoms with Gasteiger partial charge in [-0.25, -0.2) is 4.79 Å². The van der Waals surface area contributed by atoms with Crippen LogP contribution in [0.3, 0.4) is 0 Å². The van der Waals surface area contributed by atoms with Gasteiger partial charge in [-0.05, 0) is 31.1 Å². The number of ether oxygens (including phenoxy) is 2. The Balaban J connectivity index is 2.13. The van der Waals surface area contributed by atoms with Crippen molar-refractivity contribution in [2.75, 3.05) is 7.11 Å². The van der Waals surface area contributed by atoms with Crippen LogP contribution in [-0.2, 0) is 11.3 Å². The second-order valence-corrected chi connectivity index (χ2v) is 6.13. The number of carbonyl (C=O) groups is 1. The number of esters is 1. The summed E-state index contributed by atoms with van der Waals surface area (Å²) >= 11 is 6.34. The Morgan fingerprint density at radius 2 is 2.00 bits per heavy atom. The van der Waals surface area contributed by atoms with Crippen molar-refractivity contribution in [3.05, 3.63) is 46.8 Å². The fourth-order valence-corrected chi connectivity index (χ4v) is 2.53. The van der Waals surface area contributed by atoms with Gasteiger partial charge in [-0.15, -0.1) is 0 Å². The first-order valence-electron chi connectivity index (χ1n) is 7.68. The van der Waals surface area contributed by atoms with Gasteiger partial charge < -0.3 is 9.47 Å². The molecule has 0 amide bonds. The first kappa shape index (κ1) is 18.1. The first-order valence-corrected chi connectivity index (χ1v) is 8.06. The highest BCUT2D eigenvalue weighted by molar-refractivity contribution is 6.31. The van der Waals surface area contributed by atoms with E-state index in [1.807, 2.05) is 6.92 Å². The smallest absolute Gasteiger partial charge is 0.336 e. The predicted octanol–water partition coefficient (Wildman–Crippen LogP) is 4.13. The van der Waals surface area contributed by atoms with Crippen molar-refractivity contribution in [2.45, 2.75) is 27.3 Å². The van der Waals surface area contributed by atoms with Gasteiger partial charge in [-0.2, -0.15) is 5.10 Å². The number of hydrogen-bond acceptors (Lipinski definition) is 4. The highest BCUT2D eigenvalue weighted by Crippen LogP contribution is 2.26. The number of halogens is 1. The molecule has 1 aromatic heterocycles. The molecule has 6 heteroatoms. The number of hydrogen-bond donors (Lipinski definition) is 0. The number of benzene rings is 1. The third-order valence-corrected chi connectivity index (χ3v) is 3.71. The van der Waals surface area contributed by atoms with E-state index >= 15 is 0 Å². The maximum atomic E-state index is 12.0. The zero-order valence-electron chi connectivity index (χ0n) is 14.2. The number of rotatable bonds is 6. The van der Waals surface area contributed by atoms with E-state index in [-0.39, 0.29) is 0 Å². The molecule has 128 valence electrons. The first-order chi connectivity index (χ1) is 11.4. The van der Waals surface area contributed by atoms with Gasteiger partial charge in [-0.3, -0.25) is 4.68 Å². The Bertz CT molecular complexity index is 751. The molecule has 2 rings (SSSR count). The summed E-state index contributed by atoms with van der Waals surface area (Å²) in [5.41, 5.74) is 1.48. The molecule has 0 spiro atoms. The van der Waals surface area contributed by atoms with E-state index in [1.54, 1.807) is 35.0 Å². The van der Waals surface area contributed by atoms with Gasteiger partial charge in [0.15, 0.2) is 11.5 Å². The molecule has 0 saturated carbocycles. The molecule has 5 nitrogen and oxygen atoms in total. The average molecular weight is 349 g/mol. The van der Waals surface area contributed by atoms with Crippen molar-refractivity contribution < 1.29 is 14.3 Å².